The fraction of sp³-hybridized carbons (Fsp3) is 0.185. The molecule has 0 fully saturated rings. The smallest absolute Gasteiger partial charge is 0.390 e. The van der Waals surface area contributed by atoms with Gasteiger partial charge in [0.25, 0.3) is 5.95 Å². The molecule has 0 spiro atoms. The van der Waals surface area contributed by atoms with Gasteiger partial charge in [0, 0.05) is 28.6 Å². The van der Waals surface area contributed by atoms with Crippen molar-refractivity contribution in [3.8, 4) is 0 Å². The van der Waals surface area contributed by atoms with Crippen LogP contribution in [0, 0.1) is 0 Å². The molecule has 4 rings (SSSR count). The van der Waals surface area contributed by atoms with E-state index in [1.165, 1.54) is 29.6 Å². The fourth-order valence-corrected chi connectivity index (χ4v) is 5.00. The van der Waals surface area contributed by atoms with E-state index in [9.17, 15) is 13.2 Å². The highest BCUT2D eigenvalue weighted by molar-refractivity contribution is 7.99. The number of alkyl halides is 2. The number of hydrogen-bond acceptors (Lipinski definition) is 10. The van der Waals surface area contributed by atoms with Crippen LogP contribution in [-0.4, -0.2) is 40.8 Å². The Morgan fingerprint density at radius 3 is 1.90 bits per heavy atom. The molecule has 0 saturated carbocycles. The van der Waals surface area contributed by atoms with E-state index in [-0.39, 0.29) is 17.3 Å². The summed E-state index contributed by atoms with van der Waals surface area (Å²) in [6, 6.07) is 24.0. The molecule has 0 radical (unpaired) electrons. The maximum atomic E-state index is 14.0. The molecule has 0 bridgehead atoms. The Morgan fingerprint density at radius 2 is 1.38 bits per heavy atom. The highest BCUT2D eigenvalue weighted by atomic mass is 32.2. The molecule has 0 amide bonds. The zero-order chi connectivity index (χ0) is 28.3. The second-order valence-electron chi connectivity index (χ2n) is 7.82. The van der Waals surface area contributed by atoms with Crippen LogP contribution in [0.4, 0.5) is 36.2 Å². The summed E-state index contributed by atoms with van der Waals surface area (Å²) in [5.74, 6) is 0.0129. The van der Waals surface area contributed by atoms with Gasteiger partial charge in [0.1, 0.15) is 5.69 Å². The first-order valence-electron chi connectivity index (χ1n) is 12.1. The van der Waals surface area contributed by atoms with E-state index in [0.29, 0.717) is 29.1 Å². The monoisotopic (exact) mass is 583 g/mol. The number of aliphatic imine (C=N–C) groups is 1. The first kappa shape index (κ1) is 29.0. The Morgan fingerprint density at radius 1 is 0.800 bits per heavy atom. The Labute approximate surface area is 237 Å². The second kappa shape index (κ2) is 14.4. The predicted octanol–water partition coefficient (Wildman–Crippen LogP) is 8.63. The van der Waals surface area contributed by atoms with Crippen molar-refractivity contribution >= 4 is 52.7 Å². The van der Waals surface area contributed by atoms with Crippen LogP contribution in [0.25, 0.3) is 0 Å². The number of ether oxygens (including phenoxy) is 1. The van der Waals surface area contributed by atoms with Gasteiger partial charge in [-0.3, -0.25) is 0 Å². The van der Waals surface area contributed by atoms with Gasteiger partial charge in [-0.15, -0.1) is 14.6 Å². The third-order valence-corrected chi connectivity index (χ3v) is 6.96. The molecule has 4 aromatic rings. The van der Waals surface area contributed by atoms with E-state index in [2.05, 4.69) is 34.9 Å². The van der Waals surface area contributed by atoms with E-state index < -0.39 is 12.8 Å². The molecule has 3 aromatic carbocycles. The lowest BCUT2D eigenvalue weighted by molar-refractivity contribution is -0.0688. The van der Waals surface area contributed by atoms with Crippen molar-refractivity contribution < 1.29 is 17.9 Å². The van der Waals surface area contributed by atoms with Crippen LogP contribution in [0.5, 0.6) is 0 Å². The number of hydrogen-bond donors (Lipinski definition) is 0. The minimum Gasteiger partial charge on any atom is -0.393 e. The molecule has 0 unspecified atom stereocenters. The number of nitrogens with zero attached hydrogens (tertiary/aromatic N) is 7. The second-order valence-corrected chi connectivity index (χ2v) is 9.90. The average molecular weight is 584 g/mol. The van der Waals surface area contributed by atoms with Crippen LogP contribution in [0.15, 0.2) is 114 Å². The van der Waals surface area contributed by atoms with Crippen LogP contribution < -0.4 is 4.90 Å². The molecule has 1 aromatic heterocycles. The summed E-state index contributed by atoms with van der Waals surface area (Å²) in [4.78, 5) is 20.8. The molecule has 206 valence electrons. The summed E-state index contributed by atoms with van der Waals surface area (Å²) >= 11 is 2.67. The van der Waals surface area contributed by atoms with Gasteiger partial charge in [0.15, 0.2) is 10.3 Å². The van der Waals surface area contributed by atoms with Gasteiger partial charge in [0.2, 0.25) is 0 Å². The van der Waals surface area contributed by atoms with E-state index >= 15 is 0 Å². The standard InChI is InChI=1S/C27H24F3N7OS2/c1-3-37(4-2)18-15-16-21(22(17-18)31-24(30)38-23(28)29)35-36-25-32-26(39-19-11-7-5-8-12-19)34-27(33-25)40-20-13-9-6-10-14-20/h5-17,23H,3-4H2,1-2H3. The minimum atomic E-state index is -3.36. The minimum absolute atomic E-state index is 0.0129. The van der Waals surface area contributed by atoms with E-state index in [4.69, 9.17) is 0 Å². The molecule has 0 atom stereocenters. The Hall–Kier alpha value is -3.97. The van der Waals surface area contributed by atoms with Crippen molar-refractivity contribution in [2.75, 3.05) is 18.0 Å². The van der Waals surface area contributed by atoms with Gasteiger partial charge in [-0.05, 0) is 79.8 Å². The van der Waals surface area contributed by atoms with Crippen molar-refractivity contribution in [3.63, 3.8) is 0 Å². The van der Waals surface area contributed by atoms with E-state index in [0.717, 1.165) is 9.79 Å². The lowest BCUT2D eigenvalue weighted by atomic mass is 10.2. The van der Waals surface area contributed by atoms with Gasteiger partial charge in [-0.2, -0.15) is 28.7 Å². The summed E-state index contributed by atoms with van der Waals surface area (Å²) in [5, 5.41) is 9.15. The SMILES string of the molecule is CCN(CC)c1ccc(N=Nc2nc(Sc3ccccc3)nc(Sc3ccccc3)n2)c(N=C(F)OC(F)F)c1. The predicted molar refractivity (Wildman–Crippen MR) is 150 cm³/mol. The maximum Gasteiger partial charge on any atom is 0.390 e. The molecule has 1 heterocycles. The lowest BCUT2D eigenvalue weighted by Crippen LogP contribution is -2.21. The molecular weight excluding hydrogens is 559 g/mol. The Kier molecular flexibility index (Phi) is 10.5. The summed E-state index contributed by atoms with van der Waals surface area (Å²) in [6.07, 6.45) is -1.69. The van der Waals surface area contributed by atoms with Crippen molar-refractivity contribution in [2.24, 2.45) is 15.2 Å². The molecule has 0 N–H and O–H groups in total. The first-order chi connectivity index (χ1) is 19.4. The van der Waals surface area contributed by atoms with E-state index in [1.54, 1.807) is 12.1 Å². The average Bonchev–Trinajstić information content (AvgIpc) is 2.94. The molecule has 0 saturated heterocycles. The molecule has 13 heteroatoms. The van der Waals surface area contributed by atoms with Crippen molar-refractivity contribution in [1.82, 2.24) is 15.0 Å². The van der Waals surface area contributed by atoms with Crippen LogP contribution >= 0.6 is 23.5 Å². The van der Waals surface area contributed by atoms with Crippen molar-refractivity contribution in [1.29, 1.82) is 0 Å². The Bertz CT molecular complexity index is 1400. The quantitative estimate of drug-likeness (QED) is 0.0992. The number of halogens is 3. The van der Waals surface area contributed by atoms with Gasteiger partial charge in [0.05, 0.1) is 5.69 Å². The molecule has 8 nitrogen and oxygen atoms in total. The molecule has 0 aliphatic rings. The zero-order valence-corrected chi connectivity index (χ0v) is 23.1. The first-order valence-corrected chi connectivity index (χ1v) is 13.8. The van der Waals surface area contributed by atoms with Crippen molar-refractivity contribution in [3.05, 3.63) is 78.9 Å². The van der Waals surface area contributed by atoms with Crippen LogP contribution in [0.1, 0.15) is 13.8 Å². The molecule has 0 aliphatic carbocycles. The highest BCUT2D eigenvalue weighted by Crippen LogP contribution is 2.35. The highest BCUT2D eigenvalue weighted by Gasteiger charge is 2.14. The number of benzene rings is 3. The zero-order valence-electron chi connectivity index (χ0n) is 21.5. The lowest BCUT2D eigenvalue weighted by Gasteiger charge is -2.21. The number of azo groups is 1. The normalized spacial score (nSPS) is 11.8. The van der Waals surface area contributed by atoms with Gasteiger partial charge in [-0.25, -0.2) is 0 Å². The van der Waals surface area contributed by atoms with Crippen LogP contribution in [0.3, 0.4) is 0 Å². The third kappa shape index (κ3) is 8.52. The molecule has 40 heavy (non-hydrogen) atoms. The summed E-state index contributed by atoms with van der Waals surface area (Å²) in [6.45, 7) is 1.90. The van der Waals surface area contributed by atoms with Crippen LogP contribution in [-0.2, 0) is 4.74 Å². The molecule has 0 aliphatic heterocycles. The van der Waals surface area contributed by atoms with Crippen molar-refractivity contribution in [2.45, 2.75) is 40.6 Å². The van der Waals surface area contributed by atoms with Crippen LogP contribution in [0.2, 0.25) is 0 Å². The largest absolute Gasteiger partial charge is 0.393 e. The number of rotatable bonds is 11. The topological polar surface area (TPSA) is 88.2 Å². The summed E-state index contributed by atoms with van der Waals surface area (Å²) < 4.78 is 42.9. The summed E-state index contributed by atoms with van der Waals surface area (Å²) in [5.41, 5.74) is 0.771. The van der Waals surface area contributed by atoms with Gasteiger partial charge < -0.3 is 9.64 Å². The van der Waals surface area contributed by atoms with Gasteiger partial charge >= 0.3 is 12.8 Å². The third-order valence-electron chi connectivity index (χ3n) is 5.22. The van der Waals surface area contributed by atoms with E-state index in [1.807, 2.05) is 79.4 Å². The number of anilines is 1. The number of aromatic nitrogens is 3. The molecular formula is C27H24F3N7OS2. The Balaban J connectivity index is 1.71. The maximum absolute atomic E-state index is 14.0. The fourth-order valence-electron chi connectivity index (χ4n) is 3.42. The summed E-state index contributed by atoms with van der Waals surface area (Å²) in [7, 11) is 0. The van der Waals surface area contributed by atoms with Gasteiger partial charge in [-0.1, -0.05) is 36.4 Å².